The molecule has 1 amide bonds. The van der Waals surface area contributed by atoms with Crippen LogP contribution in [0.5, 0.6) is 5.75 Å². The molecule has 0 saturated carbocycles. The summed E-state index contributed by atoms with van der Waals surface area (Å²) in [5, 5.41) is 7.92. The molecule has 0 spiro atoms. The van der Waals surface area contributed by atoms with E-state index >= 15 is 0 Å². The zero-order valence-electron chi connectivity index (χ0n) is 16.3. The lowest BCUT2D eigenvalue weighted by Crippen LogP contribution is -2.16. The van der Waals surface area contributed by atoms with Crippen LogP contribution in [-0.2, 0) is 11.5 Å². The number of thioether (sulfide) groups is 1. The number of aryl methyl sites for hydroxylation is 1. The lowest BCUT2D eigenvalue weighted by Gasteiger charge is -2.14. The molecular formula is C22H23N3O2S. The Morgan fingerprint density at radius 3 is 2.71 bits per heavy atom. The van der Waals surface area contributed by atoms with Crippen LogP contribution in [0.15, 0.2) is 42.5 Å². The molecule has 6 heteroatoms. The number of aromatic nitrogens is 2. The predicted molar refractivity (Wildman–Crippen MR) is 114 cm³/mol. The first kappa shape index (κ1) is 18.6. The summed E-state index contributed by atoms with van der Waals surface area (Å²) in [6, 6.07) is 13.4. The third kappa shape index (κ3) is 3.40. The van der Waals surface area contributed by atoms with Crippen molar-refractivity contribution < 1.29 is 9.53 Å². The summed E-state index contributed by atoms with van der Waals surface area (Å²) in [5.41, 5.74) is 6.12. The van der Waals surface area contributed by atoms with Gasteiger partial charge in [0.25, 0.3) is 5.91 Å². The second-order valence-electron chi connectivity index (χ2n) is 6.81. The van der Waals surface area contributed by atoms with Gasteiger partial charge < -0.3 is 10.1 Å². The van der Waals surface area contributed by atoms with Gasteiger partial charge in [-0.2, -0.15) is 16.9 Å². The van der Waals surface area contributed by atoms with Gasteiger partial charge in [0.1, 0.15) is 11.6 Å². The number of fused-ring (bicyclic) bond motifs is 1. The molecule has 1 N–H and O–H groups in total. The number of hydrogen-bond acceptors (Lipinski definition) is 4. The molecule has 1 aliphatic heterocycles. The quantitative estimate of drug-likeness (QED) is 0.671. The van der Waals surface area contributed by atoms with E-state index in [1.807, 2.05) is 47.6 Å². The number of carbonyl (C=O) groups is 1. The van der Waals surface area contributed by atoms with Gasteiger partial charge in [0.15, 0.2) is 0 Å². The average Bonchev–Trinajstić information content (AvgIpc) is 3.27. The maximum Gasteiger partial charge on any atom is 0.256 e. The molecule has 4 rings (SSSR count). The molecule has 0 radical (unpaired) electrons. The highest BCUT2D eigenvalue weighted by atomic mass is 32.2. The molecule has 5 nitrogen and oxygen atoms in total. The van der Waals surface area contributed by atoms with Crippen molar-refractivity contribution in [1.29, 1.82) is 0 Å². The fraction of sp³-hybridized carbons (Fsp3) is 0.273. The SMILES string of the molecule is CCOc1ccc(C(=O)Nc2c3c(nn2-c2cccc(C)c2C)CSC3)cc1. The molecule has 0 saturated heterocycles. The number of ether oxygens (including phenoxy) is 1. The zero-order valence-corrected chi connectivity index (χ0v) is 17.1. The van der Waals surface area contributed by atoms with Gasteiger partial charge in [-0.1, -0.05) is 12.1 Å². The lowest BCUT2D eigenvalue weighted by molar-refractivity contribution is 0.102. The van der Waals surface area contributed by atoms with Crippen LogP contribution in [0.25, 0.3) is 5.69 Å². The van der Waals surface area contributed by atoms with Gasteiger partial charge in [0.05, 0.1) is 18.0 Å². The Kier molecular flexibility index (Phi) is 5.13. The minimum absolute atomic E-state index is 0.144. The monoisotopic (exact) mass is 393 g/mol. The Balaban J connectivity index is 1.69. The van der Waals surface area contributed by atoms with E-state index < -0.39 is 0 Å². The van der Waals surface area contributed by atoms with Crippen molar-refractivity contribution in [2.75, 3.05) is 11.9 Å². The molecule has 0 fully saturated rings. The van der Waals surface area contributed by atoms with Crippen LogP contribution in [-0.4, -0.2) is 22.3 Å². The van der Waals surface area contributed by atoms with Crippen LogP contribution < -0.4 is 10.1 Å². The normalized spacial score (nSPS) is 12.7. The molecule has 0 atom stereocenters. The van der Waals surface area contributed by atoms with E-state index in [0.29, 0.717) is 12.2 Å². The van der Waals surface area contributed by atoms with Crippen LogP contribution in [0.2, 0.25) is 0 Å². The number of nitrogens with one attached hydrogen (secondary N) is 1. The van der Waals surface area contributed by atoms with Crippen molar-refractivity contribution in [2.45, 2.75) is 32.3 Å². The summed E-state index contributed by atoms with van der Waals surface area (Å²) >= 11 is 1.82. The second kappa shape index (κ2) is 7.72. The molecule has 28 heavy (non-hydrogen) atoms. The molecule has 3 aromatic rings. The van der Waals surface area contributed by atoms with E-state index in [-0.39, 0.29) is 5.91 Å². The Bertz CT molecular complexity index is 1030. The first-order chi connectivity index (χ1) is 13.6. The van der Waals surface area contributed by atoms with Crippen LogP contribution in [0, 0.1) is 13.8 Å². The largest absolute Gasteiger partial charge is 0.494 e. The van der Waals surface area contributed by atoms with Gasteiger partial charge in [-0.3, -0.25) is 4.79 Å². The first-order valence-electron chi connectivity index (χ1n) is 9.37. The first-order valence-corrected chi connectivity index (χ1v) is 10.5. The number of rotatable bonds is 5. The van der Waals surface area contributed by atoms with Gasteiger partial charge in [0.2, 0.25) is 0 Å². The van der Waals surface area contributed by atoms with Crippen LogP contribution >= 0.6 is 11.8 Å². The number of hydrogen-bond donors (Lipinski definition) is 1. The smallest absolute Gasteiger partial charge is 0.256 e. The lowest BCUT2D eigenvalue weighted by atomic mass is 10.1. The van der Waals surface area contributed by atoms with Crippen molar-refractivity contribution in [3.63, 3.8) is 0 Å². The third-order valence-electron chi connectivity index (χ3n) is 5.02. The number of anilines is 1. The van der Waals surface area contributed by atoms with E-state index in [9.17, 15) is 4.79 Å². The zero-order chi connectivity index (χ0) is 19.7. The van der Waals surface area contributed by atoms with E-state index in [1.54, 1.807) is 12.1 Å². The van der Waals surface area contributed by atoms with Gasteiger partial charge in [-0.05, 0) is 62.2 Å². The Morgan fingerprint density at radius 1 is 1.18 bits per heavy atom. The van der Waals surface area contributed by atoms with Crippen molar-refractivity contribution in [1.82, 2.24) is 9.78 Å². The predicted octanol–water partition coefficient (Wildman–Crippen LogP) is 4.89. The number of amides is 1. The van der Waals surface area contributed by atoms with E-state index in [4.69, 9.17) is 9.84 Å². The van der Waals surface area contributed by atoms with E-state index in [1.165, 1.54) is 5.56 Å². The molecule has 2 heterocycles. The van der Waals surface area contributed by atoms with Crippen molar-refractivity contribution in [3.8, 4) is 11.4 Å². The Morgan fingerprint density at radius 2 is 1.96 bits per heavy atom. The average molecular weight is 394 g/mol. The van der Waals surface area contributed by atoms with Gasteiger partial charge in [-0.15, -0.1) is 0 Å². The fourth-order valence-electron chi connectivity index (χ4n) is 3.33. The van der Waals surface area contributed by atoms with Crippen molar-refractivity contribution in [3.05, 3.63) is 70.4 Å². The van der Waals surface area contributed by atoms with E-state index in [0.717, 1.165) is 45.6 Å². The molecular weight excluding hydrogens is 370 g/mol. The van der Waals surface area contributed by atoms with E-state index in [2.05, 4.69) is 25.2 Å². The number of benzene rings is 2. The molecule has 1 aliphatic rings. The highest BCUT2D eigenvalue weighted by Gasteiger charge is 2.25. The second-order valence-corrected chi connectivity index (χ2v) is 7.79. The standard InChI is InChI=1S/C22H23N3O2S/c1-4-27-17-10-8-16(9-11-17)22(26)23-21-18-12-28-13-19(18)24-25(21)20-7-5-6-14(2)15(20)3/h5-11H,4,12-13H2,1-3H3,(H,23,26). The number of nitrogens with zero attached hydrogens (tertiary/aromatic N) is 2. The van der Waals surface area contributed by atoms with Gasteiger partial charge in [-0.25, -0.2) is 4.68 Å². The maximum atomic E-state index is 12.9. The molecule has 1 aromatic heterocycles. The summed E-state index contributed by atoms with van der Waals surface area (Å²) in [7, 11) is 0. The van der Waals surface area contributed by atoms with Crippen LogP contribution in [0.4, 0.5) is 5.82 Å². The fourth-order valence-corrected chi connectivity index (χ4v) is 4.36. The summed E-state index contributed by atoms with van der Waals surface area (Å²) in [4.78, 5) is 12.9. The van der Waals surface area contributed by atoms with Gasteiger partial charge >= 0.3 is 0 Å². The highest BCUT2D eigenvalue weighted by molar-refractivity contribution is 7.98. The minimum atomic E-state index is -0.144. The Labute approximate surface area is 169 Å². The molecule has 0 unspecified atom stereocenters. The van der Waals surface area contributed by atoms with Crippen molar-refractivity contribution >= 4 is 23.5 Å². The summed E-state index contributed by atoms with van der Waals surface area (Å²) in [5.74, 6) is 3.12. The molecule has 2 aromatic carbocycles. The molecule has 0 bridgehead atoms. The molecule has 0 aliphatic carbocycles. The van der Waals surface area contributed by atoms with Gasteiger partial charge in [0, 0.05) is 22.6 Å². The Hall–Kier alpha value is -2.73. The van der Waals surface area contributed by atoms with Crippen molar-refractivity contribution in [2.24, 2.45) is 0 Å². The summed E-state index contributed by atoms with van der Waals surface area (Å²) in [6.45, 7) is 6.71. The van der Waals surface area contributed by atoms with Crippen LogP contribution in [0.3, 0.4) is 0 Å². The summed E-state index contributed by atoms with van der Waals surface area (Å²) < 4.78 is 7.35. The highest BCUT2D eigenvalue weighted by Crippen LogP contribution is 2.37. The summed E-state index contributed by atoms with van der Waals surface area (Å²) in [6.07, 6.45) is 0. The number of carbonyl (C=O) groups excluding carboxylic acids is 1. The maximum absolute atomic E-state index is 12.9. The third-order valence-corrected chi connectivity index (χ3v) is 5.99. The van der Waals surface area contributed by atoms with Crippen LogP contribution in [0.1, 0.15) is 39.7 Å². The topological polar surface area (TPSA) is 56.1 Å². The molecule has 144 valence electrons. The minimum Gasteiger partial charge on any atom is -0.494 e.